The molecule has 0 spiro atoms. The summed E-state index contributed by atoms with van der Waals surface area (Å²) >= 11 is 9.71. The number of ether oxygens (including phenoxy) is 7. The maximum Gasteiger partial charge on any atom is 0.426 e. The van der Waals surface area contributed by atoms with Crippen LogP contribution in [-0.2, 0) is 67.3 Å². The van der Waals surface area contributed by atoms with E-state index in [-0.39, 0.29) is 93.2 Å². The van der Waals surface area contributed by atoms with E-state index in [0.29, 0.717) is 64.8 Å². The third-order valence-electron chi connectivity index (χ3n) is 20.5. The van der Waals surface area contributed by atoms with Gasteiger partial charge in [-0.15, -0.1) is 0 Å². The Labute approximate surface area is 607 Å². The van der Waals surface area contributed by atoms with Gasteiger partial charge in [0, 0.05) is 27.7 Å². The van der Waals surface area contributed by atoms with Crippen LogP contribution in [0, 0.1) is 44.8 Å². The maximum atomic E-state index is 13.3. The molecule has 546 valence electrons. The molecule has 1 aromatic heterocycles. The molecule has 12 rings (SSSR count). The fourth-order valence-corrected chi connectivity index (χ4v) is 18.1. The van der Waals surface area contributed by atoms with Gasteiger partial charge in [0.2, 0.25) is 6.10 Å². The summed E-state index contributed by atoms with van der Waals surface area (Å²) in [5, 5.41) is 12.6. The molecule has 6 bridgehead atoms. The first-order chi connectivity index (χ1) is 45.8. The van der Waals surface area contributed by atoms with E-state index in [2.05, 4.69) is 131 Å². The van der Waals surface area contributed by atoms with Crippen LogP contribution in [-0.4, -0.2) is 108 Å². The highest BCUT2D eigenvalue weighted by atomic mass is 79.9. The second-order valence-electron chi connectivity index (χ2n) is 30.0. The molecule has 7 aliphatic rings. The minimum absolute atomic E-state index is 0.00100. The van der Waals surface area contributed by atoms with Crippen LogP contribution in [0.2, 0.25) is 0 Å². The van der Waals surface area contributed by atoms with Gasteiger partial charge in [-0.2, -0.15) is 13.2 Å². The monoisotopic (exact) mass is 1610 g/mol. The number of carbonyl (C=O) groups is 6. The number of aromatic hydroxyl groups is 1. The summed E-state index contributed by atoms with van der Waals surface area (Å²) in [5.41, 5.74) is -4.72. The SMILES string of the molecule is CCC(C)(C)C(=O)OC12CC3CC(C1)CC(C(=O)OC(CS(=O)(=O)[O-])C(F)(F)F)(C3)C2.CCC(C)(C)C(=O)OC1C2CC3C(=O)OC1C3O2.CCC(C)(C)C(=O)Oc1c(Br)cc(Br)c(O)c1Br.CCC(C)(C)OC(=O)C(C)(C)CC.c1ccc(-[s+]2c3ccccc3c3ccccc32)cc1. The summed E-state index contributed by atoms with van der Waals surface area (Å²) in [6.07, 6.45) is -2.68. The highest BCUT2D eigenvalue weighted by molar-refractivity contribution is 9.11. The number of phenolic OH excluding ortho intramolecular Hbond substituents is 1. The second kappa shape index (κ2) is 31.4. The number of fused-ring (bicyclic) bond motifs is 4. The van der Waals surface area contributed by atoms with Crippen LogP contribution >= 0.6 is 58.3 Å². The van der Waals surface area contributed by atoms with Crippen LogP contribution < -0.4 is 4.74 Å². The molecule has 4 heterocycles. The van der Waals surface area contributed by atoms with Gasteiger partial charge >= 0.3 is 42.0 Å². The van der Waals surface area contributed by atoms with Gasteiger partial charge in [-0.1, -0.05) is 77.1 Å². The van der Waals surface area contributed by atoms with E-state index in [1.54, 1.807) is 19.9 Å². The molecular formula is C74H94Br3F3O17S2. The molecule has 4 aromatic carbocycles. The molecule has 4 aliphatic carbocycles. The number of carbonyl (C=O) groups excluding carboxylic acids is 6. The highest BCUT2D eigenvalue weighted by Gasteiger charge is 2.66. The number of halogens is 6. The van der Waals surface area contributed by atoms with Gasteiger partial charge in [0.05, 0.1) is 63.9 Å². The van der Waals surface area contributed by atoms with Crippen LogP contribution in [0.15, 0.2) is 98.3 Å². The second-order valence-corrected chi connectivity index (χ2v) is 35.9. The first-order valence-electron chi connectivity index (χ1n) is 33.7. The van der Waals surface area contributed by atoms with Crippen LogP contribution in [0.1, 0.15) is 181 Å². The van der Waals surface area contributed by atoms with Crippen molar-refractivity contribution in [3.8, 4) is 16.4 Å². The topological polar surface area (TPSA) is 244 Å². The summed E-state index contributed by atoms with van der Waals surface area (Å²) in [5.74, 6) is -4.20. The lowest BCUT2D eigenvalue weighted by Crippen LogP contribution is -2.61. The Bertz CT molecular complexity index is 3820. The Morgan fingerprint density at radius 1 is 0.667 bits per heavy atom. The fraction of sp³-hybridized carbons (Fsp3) is 0.595. The third kappa shape index (κ3) is 19.0. The minimum Gasteiger partial charge on any atom is -0.748 e. The minimum atomic E-state index is -5.27. The van der Waals surface area contributed by atoms with Crippen molar-refractivity contribution in [3.05, 3.63) is 98.3 Å². The lowest BCUT2D eigenvalue weighted by atomic mass is 9.48. The smallest absolute Gasteiger partial charge is 0.426 e. The molecule has 4 saturated carbocycles. The van der Waals surface area contributed by atoms with Gasteiger partial charge in [0.25, 0.3) is 0 Å². The van der Waals surface area contributed by atoms with E-state index < -0.39 is 79.6 Å². The van der Waals surface area contributed by atoms with Crippen LogP contribution in [0.3, 0.4) is 0 Å². The van der Waals surface area contributed by atoms with E-state index in [9.17, 15) is 60.0 Å². The normalized spacial score (nSPS) is 23.9. The van der Waals surface area contributed by atoms with E-state index in [4.69, 9.17) is 28.4 Å². The predicted octanol–water partition coefficient (Wildman–Crippen LogP) is 18.3. The van der Waals surface area contributed by atoms with Crippen LogP contribution in [0.4, 0.5) is 13.2 Å². The average molecular weight is 1620 g/mol. The first kappa shape index (κ1) is 81.1. The van der Waals surface area contributed by atoms with Crippen molar-refractivity contribution in [3.63, 3.8) is 0 Å². The summed E-state index contributed by atoms with van der Waals surface area (Å²) < 4.78 is 115. The van der Waals surface area contributed by atoms with E-state index in [1.807, 2.05) is 90.0 Å². The standard InChI is InChI=1S/C20H29F3O7S.C18H13S.C13H18O5.C12H13Br3O3.C11H22O2/c1-4-17(2,3)15(24)30-19-8-12-5-13(9-19)7-18(6-12,11-19)16(25)29-14(20(21,22)23)10-31(26,27)28;1-2-8-14(9-3-1)19-17-12-6-4-10-15(17)16-11-5-7-13-18(16)19;1-4-13(2,3)12(15)18-9-7-5-6-8(16-7)10(9)17-11(6)14;1-4-12(2,3)11(17)18-10-7(14)5-6(13)9(16)8(10)15;1-7-10(3,4)9(12)13-11(5,6)8-2/h12-14H,4-11H2,1-3H3,(H,26,27,28);1-13H;6-10H,4-5H2,1-3H3;5,16H,4H2,1-3H3;7-8H2,1-6H3/q;+1;;;/p-1. The number of thiophene rings is 1. The van der Waals surface area contributed by atoms with E-state index >= 15 is 0 Å². The van der Waals surface area contributed by atoms with Gasteiger partial charge in [0.1, 0.15) is 27.5 Å². The van der Waals surface area contributed by atoms with Crippen molar-refractivity contribution < 1.29 is 93.2 Å². The Hall–Kier alpha value is -5.18. The molecule has 3 saturated heterocycles. The Morgan fingerprint density at radius 3 is 1.67 bits per heavy atom. The number of hydrogen-bond acceptors (Lipinski definition) is 17. The van der Waals surface area contributed by atoms with Crippen LogP contribution in [0.25, 0.3) is 25.1 Å². The molecule has 8 atom stereocenters. The third-order valence-corrected chi connectivity index (χ3v) is 25.5. The lowest BCUT2D eigenvalue weighted by Gasteiger charge is -2.60. The molecule has 7 fully saturated rings. The molecule has 17 nitrogen and oxygen atoms in total. The molecule has 99 heavy (non-hydrogen) atoms. The Balaban J connectivity index is 0.000000180. The number of phenols is 1. The number of hydrogen-bond donors (Lipinski definition) is 1. The van der Waals surface area contributed by atoms with Crippen molar-refractivity contribution in [2.75, 3.05) is 5.75 Å². The van der Waals surface area contributed by atoms with Gasteiger partial charge in [-0.25, -0.2) is 8.42 Å². The number of benzene rings is 4. The van der Waals surface area contributed by atoms with Gasteiger partial charge in [-0.05, 0) is 242 Å². The summed E-state index contributed by atoms with van der Waals surface area (Å²) in [6, 6.07) is 30.0. The predicted molar refractivity (Wildman–Crippen MR) is 382 cm³/mol. The van der Waals surface area contributed by atoms with Crippen molar-refractivity contribution in [2.24, 2.45) is 44.8 Å². The van der Waals surface area contributed by atoms with Gasteiger partial charge in [0.15, 0.2) is 32.3 Å². The van der Waals surface area contributed by atoms with E-state index in [1.165, 1.54) is 25.1 Å². The summed E-state index contributed by atoms with van der Waals surface area (Å²) in [4.78, 5) is 74.4. The number of alkyl halides is 3. The average Bonchev–Trinajstić information content (AvgIpc) is 1.18. The van der Waals surface area contributed by atoms with Gasteiger partial charge < -0.3 is 42.8 Å². The molecule has 25 heteroatoms. The summed E-state index contributed by atoms with van der Waals surface area (Å²) in [7, 11) is -5.21. The fourth-order valence-electron chi connectivity index (χ4n) is 12.8. The van der Waals surface area contributed by atoms with Crippen molar-refractivity contribution in [1.29, 1.82) is 0 Å². The maximum absolute atomic E-state index is 13.3. The zero-order chi connectivity index (χ0) is 74.0. The number of rotatable bonds is 18. The van der Waals surface area contributed by atoms with Crippen LogP contribution in [0.5, 0.6) is 11.5 Å². The number of esters is 6. The van der Waals surface area contributed by atoms with Gasteiger partial charge in [-0.3, -0.25) is 28.8 Å². The first-order valence-corrected chi connectivity index (χ1v) is 38.8. The molecule has 8 unspecified atom stereocenters. The zero-order valence-electron chi connectivity index (χ0n) is 59.0. The van der Waals surface area contributed by atoms with Crippen molar-refractivity contribution in [1.82, 2.24) is 0 Å². The van der Waals surface area contributed by atoms with Crippen molar-refractivity contribution in [2.45, 2.75) is 229 Å². The largest absolute Gasteiger partial charge is 0.748 e. The van der Waals surface area contributed by atoms with Crippen molar-refractivity contribution >= 4 is 124 Å². The Kier molecular flexibility index (Phi) is 25.7. The molecule has 5 aromatic rings. The van der Waals surface area contributed by atoms with E-state index in [0.717, 1.165) is 19.3 Å². The highest BCUT2D eigenvalue weighted by Crippen LogP contribution is 2.64. The molecule has 3 aliphatic heterocycles. The molecule has 1 N–H and O–H groups in total. The molecular weight excluding hydrogens is 1520 g/mol. The quantitative estimate of drug-likeness (QED) is 0.0282. The lowest BCUT2D eigenvalue weighted by molar-refractivity contribution is -0.239. The zero-order valence-corrected chi connectivity index (χ0v) is 65.3. The Morgan fingerprint density at radius 2 is 1.16 bits per heavy atom. The molecule has 0 radical (unpaired) electrons. The molecule has 0 amide bonds. The summed E-state index contributed by atoms with van der Waals surface area (Å²) in [6.45, 7) is 28.3.